The lowest BCUT2D eigenvalue weighted by Gasteiger charge is -2.29. The van der Waals surface area contributed by atoms with E-state index in [0.29, 0.717) is 11.1 Å². The summed E-state index contributed by atoms with van der Waals surface area (Å²) in [6, 6.07) is 4.17. The van der Waals surface area contributed by atoms with Gasteiger partial charge in [-0.1, -0.05) is 13.2 Å². The van der Waals surface area contributed by atoms with E-state index in [1.54, 1.807) is 0 Å². The summed E-state index contributed by atoms with van der Waals surface area (Å²) in [6.07, 6.45) is 0. The van der Waals surface area contributed by atoms with Gasteiger partial charge in [0.1, 0.15) is 39.3 Å². The number of hydrogen-bond acceptors (Lipinski definition) is 2. The molecule has 1 rings (SSSR count). The highest BCUT2D eigenvalue weighted by molar-refractivity contribution is 5.16. The lowest BCUT2D eigenvalue weighted by molar-refractivity contribution is -1.01. The van der Waals surface area contributed by atoms with Crippen LogP contribution in [0.3, 0.4) is 0 Å². The molecule has 0 atom stereocenters. The van der Waals surface area contributed by atoms with Crippen molar-refractivity contribution in [1.82, 2.24) is 0 Å². The molecule has 0 radical (unpaired) electrons. The molecule has 1 aliphatic rings. The van der Waals surface area contributed by atoms with Crippen LogP contribution in [0.25, 0.3) is 0 Å². The second kappa shape index (κ2) is 6.07. The minimum absolute atomic E-state index is 0.653. The summed E-state index contributed by atoms with van der Waals surface area (Å²) in [5.41, 5.74) is 1.31. The Hall–Kier alpha value is -1.62. The molecule has 2 N–H and O–H groups in total. The third-order valence-electron chi connectivity index (χ3n) is 2.91. The van der Waals surface area contributed by atoms with Crippen LogP contribution in [0.4, 0.5) is 0 Å². The van der Waals surface area contributed by atoms with Gasteiger partial charge in [0.15, 0.2) is 0 Å². The number of piperazine rings is 1. The maximum atomic E-state index is 8.65. The monoisotopic (exact) mass is 218 g/mol. The van der Waals surface area contributed by atoms with E-state index < -0.39 is 0 Å². The van der Waals surface area contributed by atoms with Crippen molar-refractivity contribution in [2.45, 2.75) is 0 Å². The second-order valence-electron chi connectivity index (χ2n) is 4.28. The Morgan fingerprint density at radius 3 is 1.44 bits per heavy atom. The second-order valence-corrected chi connectivity index (χ2v) is 4.28. The van der Waals surface area contributed by atoms with Gasteiger partial charge in [-0.3, -0.25) is 0 Å². The van der Waals surface area contributed by atoms with Crippen molar-refractivity contribution < 1.29 is 9.80 Å². The van der Waals surface area contributed by atoms with Crippen LogP contribution >= 0.6 is 0 Å². The summed E-state index contributed by atoms with van der Waals surface area (Å²) in [5, 5.41) is 17.3. The molecule has 0 spiro atoms. The van der Waals surface area contributed by atoms with Crippen LogP contribution in [-0.2, 0) is 0 Å². The molecule has 84 valence electrons. The van der Waals surface area contributed by atoms with Crippen molar-refractivity contribution in [2.24, 2.45) is 0 Å². The van der Waals surface area contributed by atoms with E-state index in [1.165, 1.54) is 9.80 Å². The quantitative estimate of drug-likeness (QED) is 0.533. The number of nitrogens with zero attached hydrogens (tertiary/aromatic N) is 2. The Kier molecular flexibility index (Phi) is 4.72. The Balaban J connectivity index is 2.30. The fourth-order valence-electron chi connectivity index (χ4n) is 1.99. The van der Waals surface area contributed by atoms with E-state index in [-0.39, 0.29) is 0 Å². The number of nitriles is 2. The Morgan fingerprint density at radius 1 is 0.875 bits per heavy atom. The van der Waals surface area contributed by atoms with Gasteiger partial charge in [0, 0.05) is 0 Å². The third kappa shape index (κ3) is 3.86. The largest absolute Gasteiger partial charge is 0.321 e. The molecule has 0 aromatic carbocycles. The molecule has 1 fully saturated rings. The van der Waals surface area contributed by atoms with Crippen LogP contribution in [0.5, 0.6) is 0 Å². The zero-order valence-electron chi connectivity index (χ0n) is 9.55. The summed E-state index contributed by atoms with van der Waals surface area (Å²) in [4.78, 5) is 2.83. The van der Waals surface area contributed by atoms with E-state index in [1.807, 2.05) is 0 Å². The molecule has 0 aliphatic carbocycles. The van der Waals surface area contributed by atoms with Gasteiger partial charge in [-0.05, 0) is 0 Å². The smallest absolute Gasteiger partial charge is 0.127 e. The Labute approximate surface area is 96.7 Å². The van der Waals surface area contributed by atoms with E-state index in [4.69, 9.17) is 10.5 Å². The summed E-state index contributed by atoms with van der Waals surface area (Å²) in [7, 11) is 0. The van der Waals surface area contributed by atoms with Crippen molar-refractivity contribution in [3.63, 3.8) is 0 Å². The van der Waals surface area contributed by atoms with Crippen molar-refractivity contribution in [3.05, 3.63) is 24.3 Å². The van der Waals surface area contributed by atoms with Crippen LogP contribution in [0.1, 0.15) is 0 Å². The minimum atomic E-state index is 0.653. The molecule has 0 unspecified atom stereocenters. The molecule has 4 nitrogen and oxygen atoms in total. The number of hydrogen-bond donors (Lipinski definition) is 2. The highest BCUT2D eigenvalue weighted by Crippen LogP contribution is 1.80. The topological polar surface area (TPSA) is 56.5 Å². The van der Waals surface area contributed by atoms with Crippen LogP contribution in [0, 0.1) is 22.7 Å². The lowest BCUT2D eigenvalue weighted by atomic mass is 10.2. The molecular weight excluding hydrogens is 200 g/mol. The number of nitrogens with one attached hydrogen (secondary N) is 2. The normalized spacial score (nSPS) is 24.1. The summed E-state index contributed by atoms with van der Waals surface area (Å²) in [6.45, 7) is 13.1. The van der Waals surface area contributed by atoms with Gasteiger partial charge in [0.25, 0.3) is 0 Å². The van der Waals surface area contributed by atoms with Gasteiger partial charge in [0.05, 0.1) is 23.3 Å². The molecule has 4 heteroatoms. The molecule has 1 heterocycles. The predicted molar refractivity (Wildman–Crippen MR) is 60.6 cm³/mol. The van der Waals surface area contributed by atoms with Gasteiger partial charge in [-0.15, -0.1) is 0 Å². The highest BCUT2D eigenvalue weighted by atomic mass is 15.3. The first-order valence-corrected chi connectivity index (χ1v) is 5.48. The van der Waals surface area contributed by atoms with Crippen LogP contribution in [0.2, 0.25) is 0 Å². The molecule has 0 aromatic heterocycles. The zero-order valence-corrected chi connectivity index (χ0v) is 9.55. The first-order valence-electron chi connectivity index (χ1n) is 5.48. The van der Waals surface area contributed by atoms with Gasteiger partial charge in [-0.2, -0.15) is 10.5 Å². The zero-order chi connectivity index (χ0) is 12.0. The summed E-state index contributed by atoms with van der Waals surface area (Å²) >= 11 is 0. The number of rotatable bonds is 4. The molecule has 1 saturated heterocycles. The maximum Gasteiger partial charge on any atom is 0.127 e. The van der Waals surface area contributed by atoms with Crippen molar-refractivity contribution in [2.75, 3.05) is 39.3 Å². The molecule has 0 bridgehead atoms. The maximum absolute atomic E-state index is 8.65. The van der Waals surface area contributed by atoms with Gasteiger partial charge >= 0.3 is 0 Å². The fourth-order valence-corrected chi connectivity index (χ4v) is 1.99. The molecule has 0 amide bonds. The molecule has 0 saturated carbocycles. The first-order chi connectivity index (χ1) is 7.65. The summed E-state index contributed by atoms with van der Waals surface area (Å²) in [5.74, 6) is 0. The van der Waals surface area contributed by atoms with E-state index in [0.717, 1.165) is 39.3 Å². The first kappa shape index (κ1) is 12.4. The summed E-state index contributed by atoms with van der Waals surface area (Å²) < 4.78 is 0. The Morgan fingerprint density at radius 2 is 1.19 bits per heavy atom. The van der Waals surface area contributed by atoms with Crippen molar-refractivity contribution >= 4 is 0 Å². The number of quaternary nitrogens is 2. The molecule has 16 heavy (non-hydrogen) atoms. The fraction of sp³-hybridized carbons (Fsp3) is 0.500. The highest BCUT2D eigenvalue weighted by Gasteiger charge is 2.23. The van der Waals surface area contributed by atoms with Crippen molar-refractivity contribution in [1.29, 1.82) is 10.5 Å². The van der Waals surface area contributed by atoms with Crippen molar-refractivity contribution in [3.8, 4) is 12.1 Å². The van der Waals surface area contributed by atoms with Gasteiger partial charge < -0.3 is 9.80 Å². The van der Waals surface area contributed by atoms with Crippen LogP contribution in [0.15, 0.2) is 24.3 Å². The Bertz CT molecular complexity index is 314. The van der Waals surface area contributed by atoms with Crippen LogP contribution < -0.4 is 9.80 Å². The molecular formula is C12H18N4+2. The predicted octanol–water partition coefficient (Wildman–Crippen LogP) is -2.07. The van der Waals surface area contributed by atoms with E-state index >= 15 is 0 Å². The average Bonchev–Trinajstić information content (AvgIpc) is 2.31. The molecule has 0 aromatic rings. The standard InChI is InChI=1S/C12H16N4/c1-11(7-13)9-15-3-5-16(6-4-15)10-12(2)8-14/h1-6,9-10H2/p+2. The average molecular weight is 218 g/mol. The third-order valence-corrected chi connectivity index (χ3v) is 2.91. The van der Waals surface area contributed by atoms with E-state index in [2.05, 4.69) is 25.3 Å². The van der Waals surface area contributed by atoms with E-state index in [9.17, 15) is 0 Å². The lowest BCUT2D eigenvalue weighted by Crippen LogP contribution is -3.28. The van der Waals surface area contributed by atoms with Crippen LogP contribution in [-0.4, -0.2) is 39.3 Å². The van der Waals surface area contributed by atoms with Gasteiger partial charge in [0.2, 0.25) is 0 Å². The molecule has 1 aliphatic heterocycles. The van der Waals surface area contributed by atoms with Gasteiger partial charge in [-0.25, -0.2) is 0 Å². The minimum Gasteiger partial charge on any atom is -0.321 e. The SMILES string of the molecule is C=C(C#N)C[NH+]1CC[NH+](CC(=C)C#N)CC1.